The number of hydrogen-bond donors (Lipinski definition) is 0. The summed E-state index contributed by atoms with van der Waals surface area (Å²) in [7, 11) is -0.289. The third-order valence-corrected chi connectivity index (χ3v) is 2.21. The van der Waals surface area contributed by atoms with Crippen LogP contribution in [0.2, 0.25) is 0 Å². The van der Waals surface area contributed by atoms with Crippen LogP contribution in [0.3, 0.4) is 0 Å². The highest BCUT2D eigenvalue weighted by Crippen LogP contribution is 2.38. The molecule has 7 heteroatoms. The van der Waals surface area contributed by atoms with E-state index in [2.05, 4.69) is 9.05 Å². The fourth-order valence-electron chi connectivity index (χ4n) is 0.706. The molecule has 0 aliphatic heterocycles. The summed E-state index contributed by atoms with van der Waals surface area (Å²) in [6.45, 7) is 0.257. The number of methoxy groups -OCH3 is 2. The molecular weight excluding hydrogens is 199 g/mol. The lowest BCUT2D eigenvalue weighted by molar-refractivity contribution is -0.230. The SMILES string of the molecule is COCC(COC)OP(=O)([O-])OC. The lowest BCUT2D eigenvalue weighted by Crippen LogP contribution is -2.26. The lowest BCUT2D eigenvalue weighted by atomic mass is 10.4. The molecule has 0 aliphatic rings. The summed E-state index contributed by atoms with van der Waals surface area (Å²) < 4.78 is 29.0. The maximum atomic E-state index is 10.8. The molecule has 0 bridgehead atoms. The Bertz CT molecular complexity index is 167. The van der Waals surface area contributed by atoms with Gasteiger partial charge in [0.15, 0.2) is 0 Å². The smallest absolute Gasteiger partial charge is 0.268 e. The van der Waals surface area contributed by atoms with Gasteiger partial charge in [-0.2, -0.15) is 0 Å². The van der Waals surface area contributed by atoms with Crippen molar-refractivity contribution in [3.8, 4) is 0 Å². The number of phosphoric ester groups is 1. The first-order valence-electron chi connectivity index (χ1n) is 3.58. The molecule has 0 saturated carbocycles. The molecule has 13 heavy (non-hydrogen) atoms. The number of hydrogen-bond acceptors (Lipinski definition) is 6. The number of rotatable bonds is 7. The molecule has 0 spiro atoms. The van der Waals surface area contributed by atoms with Gasteiger partial charge in [0.05, 0.1) is 13.2 Å². The van der Waals surface area contributed by atoms with E-state index < -0.39 is 13.9 Å². The molecule has 0 aliphatic carbocycles. The second kappa shape index (κ2) is 6.48. The van der Waals surface area contributed by atoms with Gasteiger partial charge in [-0.25, -0.2) is 0 Å². The molecule has 0 N–H and O–H groups in total. The van der Waals surface area contributed by atoms with Crippen LogP contribution in [0.5, 0.6) is 0 Å². The monoisotopic (exact) mass is 213 g/mol. The van der Waals surface area contributed by atoms with E-state index in [0.29, 0.717) is 0 Å². The molecule has 0 radical (unpaired) electrons. The van der Waals surface area contributed by atoms with Crippen LogP contribution < -0.4 is 4.89 Å². The fraction of sp³-hybridized carbons (Fsp3) is 1.00. The van der Waals surface area contributed by atoms with Gasteiger partial charge in [-0.3, -0.25) is 4.57 Å². The first-order chi connectivity index (χ1) is 6.05. The maximum absolute atomic E-state index is 10.8. The van der Waals surface area contributed by atoms with E-state index in [0.717, 1.165) is 7.11 Å². The molecule has 0 amide bonds. The van der Waals surface area contributed by atoms with Crippen molar-refractivity contribution in [1.82, 2.24) is 0 Å². The molecule has 1 unspecified atom stereocenters. The van der Waals surface area contributed by atoms with E-state index >= 15 is 0 Å². The lowest BCUT2D eigenvalue weighted by Gasteiger charge is -2.25. The Kier molecular flexibility index (Phi) is 6.49. The van der Waals surface area contributed by atoms with Gasteiger partial charge in [0.25, 0.3) is 7.82 Å². The zero-order valence-electron chi connectivity index (χ0n) is 7.89. The van der Waals surface area contributed by atoms with E-state index in [1.54, 1.807) is 0 Å². The predicted octanol–water partition coefficient (Wildman–Crippen LogP) is -0.221. The fourth-order valence-corrected chi connectivity index (χ4v) is 1.28. The van der Waals surface area contributed by atoms with Crippen LogP contribution in [-0.4, -0.2) is 40.6 Å². The standard InChI is InChI=1S/C6H15O6P/c1-9-4-6(5-10-2)12-13(7,8)11-3/h6H,4-5H2,1-3H3,(H,7,8)/p-1. The molecule has 80 valence electrons. The summed E-state index contributed by atoms with van der Waals surface area (Å²) in [6, 6.07) is 0. The first-order valence-corrected chi connectivity index (χ1v) is 5.05. The van der Waals surface area contributed by atoms with Crippen molar-refractivity contribution in [3.63, 3.8) is 0 Å². The molecule has 0 aromatic heterocycles. The van der Waals surface area contributed by atoms with Crippen molar-refractivity contribution in [2.75, 3.05) is 34.5 Å². The van der Waals surface area contributed by atoms with Crippen molar-refractivity contribution >= 4 is 7.82 Å². The van der Waals surface area contributed by atoms with E-state index in [-0.39, 0.29) is 13.2 Å². The van der Waals surface area contributed by atoms with Gasteiger partial charge < -0.3 is 23.4 Å². The molecule has 0 fully saturated rings. The summed E-state index contributed by atoms with van der Waals surface area (Å²) in [5.41, 5.74) is 0. The average Bonchev–Trinajstić information content (AvgIpc) is 2.05. The van der Waals surface area contributed by atoms with Crippen molar-refractivity contribution in [1.29, 1.82) is 0 Å². The average molecular weight is 213 g/mol. The minimum atomic E-state index is -4.20. The third kappa shape index (κ3) is 6.15. The van der Waals surface area contributed by atoms with E-state index in [4.69, 9.17) is 9.47 Å². The summed E-state index contributed by atoms with van der Waals surface area (Å²) in [6.07, 6.45) is -0.668. The number of phosphoric acid groups is 1. The number of ether oxygens (including phenoxy) is 2. The summed E-state index contributed by atoms with van der Waals surface area (Å²) >= 11 is 0. The largest absolute Gasteiger partial charge is 0.756 e. The van der Waals surface area contributed by atoms with Gasteiger partial charge in [-0.15, -0.1) is 0 Å². The Balaban J connectivity index is 4.00. The quantitative estimate of drug-likeness (QED) is 0.544. The normalized spacial score (nSPS) is 16.1. The van der Waals surface area contributed by atoms with E-state index in [1.165, 1.54) is 14.2 Å². The summed E-state index contributed by atoms with van der Waals surface area (Å²) in [5.74, 6) is 0. The Morgan fingerprint density at radius 1 is 1.23 bits per heavy atom. The third-order valence-electron chi connectivity index (χ3n) is 1.21. The van der Waals surface area contributed by atoms with Crippen molar-refractivity contribution in [2.45, 2.75) is 6.10 Å². The van der Waals surface area contributed by atoms with Gasteiger partial charge in [0.1, 0.15) is 6.10 Å². The molecule has 0 aromatic rings. The molecule has 0 heterocycles. The minimum absolute atomic E-state index is 0.128. The minimum Gasteiger partial charge on any atom is -0.756 e. The van der Waals surface area contributed by atoms with E-state index in [9.17, 15) is 9.46 Å². The second-order valence-electron chi connectivity index (χ2n) is 2.27. The van der Waals surface area contributed by atoms with Crippen LogP contribution in [0.4, 0.5) is 0 Å². The van der Waals surface area contributed by atoms with Crippen molar-refractivity contribution in [3.05, 3.63) is 0 Å². The molecule has 1 atom stereocenters. The van der Waals surface area contributed by atoms with Crippen molar-refractivity contribution in [2.24, 2.45) is 0 Å². The molecule has 6 nitrogen and oxygen atoms in total. The zero-order chi connectivity index (χ0) is 10.3. The Morgan fingerprint density at radius 3 is 2.00 bits per heavy atom. The second-order valence-corrected chi connectivity index (χ2v) is 3.74. The summed E-state index contributed by atoms with van der Waals surface area (Å²) in [5, 5.41) is 0. The molecule has 0 saturated heterocycles. The molecule has 0 rings (SSSR count). The van der Waals surface area contributed by atoms with Crippen LogP contribution in [0, 0.1) is 0 Å². The highest BCUT2D eigenvalue weighted by Gasteiger charge is 2.16. The Labute approximate surface area is 77.4 Å². The van der Waals surface area contributed by atoms with Gasteiger partial charge in [-0.05, 0) is 0 Å². The van der Waals surface area contributed by atoms with Gasteiger partial charge in [0.2, 0.25) is 0 Å². The van der Waals surface area contributed by atoms with Crippen LogP contribution in [0.25, 0.3) is 0 Å². The maximum Gasteiger partial charge on any atom is 0.268 e. The van der Waals surface area contributed by atoms with Crippen molar-refractivity contribution < 1.29 is 28.0 Å². The zero-order valence-corrected chi connectivity index (χ0v) is 8.78. The Hall–Kier alpha value is 0.0300. The predicted molar refractivity (Wildman–Crippen MR) is 43.2 cm³/mol. The van der Waals surface area contributed by atoms with E-state index in [1.807, 2.05) is 0 Å². The highest BCUT2D eigenvalue weighted by molar-refractivity contribution is 7.45. The Morgan fingerprint density at radius 2 is 1.69 bits per heavy atom. The molecule has 0 aromatic carbocycles. The first kappa shape index (κ1) is 13.0. The van der Waals surface area contributed by atoms with Crippen LogP contribution in [0.15, 0.2) is 0 Å². The van der Waals surface area contributed by atoms with Gasteiger partial charge >= 0.3 is 0 Å². The van der Waals surface area contributed by atoms with Gasteiger partial charge in [-0.1, -0.05) is 0 Å². The van der Waals surface area contributed by atoms with Crippen LogP contribution in [-0.2, 0) is 23.1 Å². The van der Waals surface area contributed by atoms with Gasteiger partial charge in [0, 0.05) is 21.3 Å². The summed E-state index contributed by atoms with van der Waals surface area (Å²) in [4.78, 5) is 10.8. The van der Waals surface area contributed by atoms with Crippen LogP contribution in [0.1, 0.15) is 0 Å². The van der Waals surface area contributed by atoms with Crippen LogP contribution >= 0.6 is 7.82 Å². The molecular formula is C6H14O6P-. The topological polar surface area (TPSA) is 77.1 Å². The highest BCUT2D eigenvalue weighted by atomic mass is 31.2.